The Morgan fingerprint density at radius 3 is 2.83 bits per heavy atom. The molecule has 0 aliphatic rings. The summed E-state index contributed by atoms with van der Waals surface area (Å²) in [5.41, 5.74) is -0.378. The van der Waals surface area contributed by atoms with Crippen molar-refractivity contribution in [3.05, 3.63) is 28.3 Å². The Kier molecular flexibility index (Phi) is 2.53. The van der Waals surface area contributed by atoms with Gasteiger partial charge in [-0.25, -0.2) is 0 Å². The number of hydrogen-bond donors (Lipinski definition) is 1. The molecule has 0 saturated heterocycles. The fourth-order valence-corrected chi connectivity index (χ4v) is 0.966. The fraction of sp³-hybridized carbons (Fsp3) is 0.444. The molecule has 1 heterocycles. The zero-order valence-corrected chi connectivity index (χ0v) is 7.20. The Morgan fingerprint density at radius 2 is 2.25 bits per heavy atom. The maximum atomic E-state index is 10.9. The van der Waals surface area contributed by atoms with Crippen LogP contribution in [0.15, 0.2) is 21.5 Å². The van der Waals surface area contributed by atoms with Crippen LogP contribution in [0.3, 0.4) is 0 Å². The van der Waals surface area contributed by atoms with Crippen molar-refractivity contribution in [2.24, 2.45) is 5.92 Å². The Bertz CT molecular complexity index is 312. The van der Waals surface area contributed by atoms with Crippen molar-refractivity contribution < 1.29 is 9.52 Å². The van der Waals surface area contributed by atoms with Crippen molar-refractivity contribution in [2.75, 3.05) is 0 Å². The van der Waals surface area contributed by atoms with E-state index in [2.05, 4.69) is 0 Å². The van der Waals surface area contributed by atoms with Gasteiger partial charge in [0.2, 0.25) is 11.2 Å². The van der Waals surface area contributed by atoms with E-state index in [4.69, 9.17) is 4.42 Å². The lowest BCUT2D eigenvalue weighted by molar-refractivity contribution is 0.384. The van der Waals surface area contributed by atoms with Crippen molar-refractivity contribution >= 4 is 0 Å². The molecule has 0 bridgehead atoms. The first-order valence-corrected chi connectivity index (χ1v) is 3.91. The molecule has 1 N–H and O–H groups in total. The molecule has 0 spiro atoms. The predicted octanol–water partition coefficient (Wildman–Crippen LogP) is 1.54. The quantitative estimate of drug-likeness (QED) is 0.728. The van der Waals surface area contributed by atoms with Gasteiger partial charge in [-0.3, -0.25) is 4.79 Å². The Labute approximate surface area is 70.7 Å². The normalized spacial score (nSPS) is 10.6. The van der Waals surface area contributed by atoms with Gasteiger partial charge in [-0.05, 0) is 5.92 Å². The number of aromatic hydroxyl groups is 1. The second-order valence-corrected chi connectivity index (χ2v) is 3.15. The third kappa shape index (κ3) is 1.87. The van der Waals surface area contributed by atoms with Crippen molar-refractivity contribution in [1.82, 2.24) is 0 Å². The van der Waals surface area contributed by atoms with Crippen LogP contribution in [0, 0.1) is 5.92 Å². The molecule has 0 fully saturated rings. The summed E-state index contributed by atoms with van der Waals surface area (Å²) in [4.78, 5) is 10.9. The zero-order valence-electron chi connectivity index (χ0n) is 7.20. The lowest BCUT2D eigenvalue weighted by Gasteiger charge is -2.03. The molecule has 0 aromatic carbocycles. The van der Waals surface area contributed by atoms with Crippen LogP contribution in [0.2, 0.25) is 0 Å². The summed E-state index contributed by atoms with van der Waals surface area (Å²) in [5, 5.41) is 9.24. The van der Waals surface area contributed by atoms with Crippen molar-refractivity contribution in [3.63, 3.8) is 0 Å². The van der Waals surface area contributed by atoms with E-state index in [1.165, 1.54) is 12.3 Å². The van der Waals surface area contributed by atoms with E-state index in [9.17, 15) is 9.90 Å². The molecule has 3 heteroatoms. The summed E-state index contributed by atoms with van der Waals surface area (Å²) in [6.45, 7) is 3.98. The Hall–Kier alpha value is -1.25. The monoisotopic (exact) mass is 168 g/mol. The number of rotatable bonds is 2. The minimum absolute atomic E-state index is 0.258. The SMILES string of the molecule is CC(C)Cc1occc(=O)c1O. The van der Waals surface area contributed by atoms with Crippen LogP contribution < -0.4 is 5.43 Å². The first-order chi connectivity index (χ1) is 5.61. The molecule has 0 unspecified atom stereocenters. The van der Waals surface area contributed by atoms with Crippen molar-refractivity contribution in [2.45, 2.75) is 20.3 Å². The third-order valence-electron chi connectivity index (χ3n) is 1.52. The smallest absolute Gasteiger partial charge is 0.226 e. The average Bonchev–Trinajstić information content (AvgIpc) is 1.98. The first kappa shape index (κ1) is 8.84. The van der Waals surface area contributed by atoms with E-state index in [1.54, 1.807) is 0 Å². The minimum atomic E-state index is -0.378. The molecule has 3 nitrogen and oxygen atoms in total. The largest absolute Gasteiger partial charge is 0.502 e. The third-order valence-corrected chi connectivity index (χ3v) is 1.52. The molecule has 0 amide bonds. The molecule has 0 aliphatic heterocycles. The summed E-state index contributed by atoms with van der Waals surface area (Å²) >= 11 is 0. The molecule has 0 radical (unpaired) electrons. The van der Waals surface area contributed by atoms with Crippen LogP contribution >= 0.6 is 0 Å². The predicted molar refractivity (Wildman–Crippen MR) is 45.2 cm³/mol. The summed E-state index contributed by atoms with van der Waals surface area (Å²) in [5.74, 6) is 0.477. The second-order valence-electron chi connectivity index (χ2n) is 3.15. The van der Waals surface area contributed by atoms with Gasteiger partial charge in [-0.2, -0.15) is 0 Å². The maximum absolute atomic E-state index is 10.9. The summed E-state index contributed by atoms with van der Waals surface area (Å²) in [7, 11) is 0. The highest BCUT2D eigenvalue weighted by molar-refractivity contribution is 5.22. The molecule has 1 rings (SSSR count). The fourth-order valence-electron chi connectivity index (χ4n) is 0.966. The van der Waals surface area contributed by atoms with E-state index >= 15 is 0 Å². The van der Waals surface area contributed by atoms with Gasteiger partial charge in [0.1, 0.15) is 5.76 Å². The van der Waals surface area contributed by atoms with E-state index in [0.717, 1.165) is 0 Å². The van der Waals surface area contributed by atoms with Crippen LogP contribution in [0.25, 0.3) is 0 Å². The number of hydrogen-bond acceptors (Lipinski definition) is 3. The van der Waals surface area contributed by atoms with Crippen molar-refractivity contribution in [3.8, 4) is 5.75 Å². The molecule has 0 atom stereocenters. The van der Waals surface area contributed by atoms with Gasteiger partial charge in [0.05, 0.1) is 6.26 Å². The molecule has 66 valence electrons. The van der Waals surface area contributed by atoms with Gasteiger partial charge in [-0.1, -0.05) is 13.8 Å². The molecule has 0 aliphatic carbocycles. The van der Waals surface area contributed by atoms with Gasteiger partial charge in [0.15, 0.2) is 0 Å². The van der Waals surface area contributed by atoms with E-state index in [1.807, 2.05) is 13.8 Å². The van der Waals surface area contributed by atoms with Crippen molar-refractivity contribution in [1.29, 1.82) is 0 Å². The van der Waals surface area contributed by atoms with Gasteiger partial charge in [0, 0.05) is 12.5 Å². The molecular weight excluding hydrogens is 156 g/mol. The molecule has 0 saturated carbocycles. The molecular formula is C9H12O3. The Balaban J connectivity index is 3.00. The van der Waals surface area contributed by atoms with Crippen LogP contribution in [-0.2, 0) is 6.42 Å². The van der Waals surface area contributed by atoms with Crippen LogP contribution in [0.4, 0.5) is 0 Å². The van der Waals surface area contributed by atoms with E-state index < -0.39 is 0 Å². The average molecular weight is 168 g/mol. The lowest BCUT2D eigenvalue weighted by Crippen LogP contribution is -2.03. The van der Waals surface area contributed by atoms with Gasteiger partial charge < -0.3 is 9.52 Å². The van der Waals surface area contributed by atoms with Crippen LogP contribution in [0.5, 0.6) is 5.75 Å². The second kappa shape index (κ2) is 3.43. The highest BCUT2D eigenvalue weighted by Gasteiger charge is 2.08. The van der Waals surface area contributed by atoms with Gasteiger partial charge in [0.25, 0.3) is 0 Å². The van der Waals surface area contributed by atoms with Crippen LogP contribution in [0.1, 0.15) is 19.6 Å². The zero-order chi connectivity index (χ0) is 9.14. The molecule has 1 aromatic rings. The lowest BCUT2D eigenvalue weighted by atomic mass is 10.1. The first-order valence-electron chi connectivity index (χ1n) is 3.91. The minimum Gasteiger partial charge on any atom is -0.502 e. The highest BCUT2D eigenvalue weighted by atomic mass is 16.4. The maximum Gasteiger partial charge on any atom is 0.226 e. The topological polar surface area (TPSA) is 50.4 Å². The standard InChI is InChI=1S/C9H12O3/c1-6(2)5-8-9(11)7(10)3-4-12-8/h3-4,6,11H,5H2,1-2H3. The Morgan fingerprint density at radius 1 is 1.58 bits per heavy atom. The van der Waals surface area contributed by atoms with Crippen LogP contribution in [-0.4, -0.2) is 5.11 Å². The van der Waals surface area contributed by atoms with E-state index in [0.29, 0.717) is 18.1 Å². The molecule has 1 aromatic heterocycles. The highest BCUT2D eigenvalue weighted by Crippen LogP contribution is 2.14. The van der Waals surface area contributed by atoms with Gasteiger partial charge in [-0.15, -0.1) is 0 Å². The van der Waals surface area contributed by atoms with Gasteiger partial charge >= 0.3 is 0 Å². The summed E-state index contributed by atoms with van der Waals surface area (Å²) in [6, 6.07) is 1.21. The molecule has 12 heavy (non-hydrogen) atoms. The summed E-state index contributed by atoms with van der Waals surface area (Å²) < 4.78 is 5.00. The summed E-state index contributed by atoms with van der Waals surface area (Å²) in [6.07, 6.45) is 1.89. The van der Waals surface area contributed by atoms with E-state index in [-0.39, 0.29) is 11.2 Å².